The second-order valence-corrected chi connectivity index (χ2v) is 11.6. The average Bonchev–Trinajstić information content (AvgIpc) is 2.84. The number of nitrogens with zero attached hydrogens (tertiary/aromatic N) is 1. The molecule has 33 heavy (non-hydrogen) atoms. The molecule has 0 atom stereocenters. The van der Waals surface area contributed by atoms with E-state index in [9.17, 15) is 0 Å². The summed E-state index contributed by atoms with van der Waals surface area (Å²) in [5.41, 5.74) is 3.34. The highest BCUT2D eigenvalue weighted by molar-refractivity contribution is 8.00. The van der Waals surface area contributed by atoms with E-state index in [2.05, 4.69) is 110 Å². The van der Waals surface area contributed by atoms with Crippen LogP contribution in [-0.4, -0.2) is 19.3 Å². The van der Waals surface area contributed by atoms with E-state index in [0.29, 0.717) is 0 Å². The maximum Gasteiger partial charge on any atom is 0.0361 e. The van der Waals surface area contributed by atoms with Crippen molar-refractivity contribution in [2.75, 3.05) is 19.0 Å². The average molecular weight is 458 g/mol. The zero-order valence-electron chi connectivity index (χ0n) is 20.6. The Morgan fingerprint density at radius 2 is 1.18 bits per heavy atom. The summed E-state index contributed by atoms with van der Waals surface area (Å²) >= 11 is 2.06. The Morgan fingerprint density at radius 3 is 1.70 bits per heavy atom. The van der Waals surface area contributed by atoms with E-state index in [1.807, 2.05) is 0 Å². The van der Waals surface area contributed by atoms with Crippen LogP contribution in [0.3, 0.4) is 0 Å². The molecule has 2 aliphatic carbocycles. The lowest BCUT2D eigenvalue weighted by molar-refractivity contribution is 0.328. The summed E-state index contributed by atoms with van der Waals surface area (Å²) in [5, 5.41) is 0.761. The number of rotatable bonds is 5. The van der Waals surface area contributed by atoms with Crippen LogP contribution in [0.25, 0.3) is 0 Å². The molecule has 0 amide bonds. The number of hydrogen-bond acceptors (Lipinski definition) is 2. The summed E-state index contributed by atoms with van der Waals surface area (Å²) in [6.07, 6.45) is 16.2. The zero-order valence-corrected chi connectivity index (χ0v) is 21.4. The van der Waals surface area contributed by atoms with Gasteiger partial charge in [0.25, 0.3) is 0 Å². The van der Waals surface area contributed by atoms with Gasteiger partial charge in [-0.05, 0) is 105 Å². The third-order valence-corrected chi connectivity index (χ3v) is 8.68. The monoisotopic (exact) mass is 457 g/mol. The van der Waals surface area contributed by atoms with Gasteiger partial charge in [-0.1, -0.05) is 43.8 Å². The second-order valence-electron chi connectivity index (χ2n) is 10.3. The number of allylic oxidation sites excluding steroid dienone is 2. The lowest BCUT2D eigenvalue weighted by Crippen LogP contribution is -2.15. The minimum atomic E-state index is 0.761. The van der Waals surface area contributed by atoms with Crippen LogP contribution in [0, 0.1) is 29.6 Å². The Kier molecular flexibility index (Phi) is 8.63. The standard InChI is InChI=1S/C31H39NS/c1-24-4-6-25(7-5-24)8-10-27-14-20-30(21-15-27)33-31-22-16-28(17-23-31)11-9-26-12-18-29(19-13-26)32(2)3/h8,10,12-13,16-19,22-25,27,30H,4-7,14-15,20-21H2,1-3H3/b10-8+. The van der Waals surface area contributed by atoms with Gasteiger partial charge in [0.15, 0.2) is 0 Å². The zero-order chi connectivity index (χ0) is 23.0. The predicted octanol–water partition coefficient (Wildman–Crippen LogP) is 8.19. The number of anilines is 1. The number of thioether (sulfide) groups is 1. The van der Waals surface area contributed by atoms with Crippen molar-refractivity contribution in [3.63, 3.8) is 0 Å². The van der Waals surface area contributed by atoms with Crippen molar-refractivity contribution < 1.29 is 0 Å². The van der Waals surface area contributed by atoms with E-state index in [1.165, 1.54) is 61.9 Å². The first kappa shape index (κ1) is 24.0. The quantitative estimate of drug-likeness (QED) is 0.329. The normalized spacial score (nSPS) is 25.4. The minimum Gasteiger partial charge on any atom is -0.378 e. The van der Waals surface area contributed by atoms with Crippen LogP contribution in [0.2, 0.25) is 0 Å². The molecule has 0 heterocycles. The third kappa shape index (κ3) is 7.44. The first-order chi connectivity index (χ1) is 16.0. The van der Waals surface area contributed by atoms with Crippen molar-refractivity contribution >= 4 is 17.4 Å². The maximum atomic E-state index is 3.31. The van der Waals surface area contributed by atoms with E-state index >= 15 is 0 Å². The Labute approximate surface area is 206 Å². The summed E-state index contributed by atoms with van der Waals surface area (Å²) in [5.74, 6) is 9.21. The van der Waals surface area contributed by atoms with Crippen molar-refractivity contribution in [3.05, 3.63) is 71.8 Å². The van der Waals surface area contributed by atoms with Crippen LogP contribution >= 0.6 is 11.8 Å². The molecule has 2 aromatic carbocycles. The molecule has 174 valence electrons. The minimum absolute atomic E-state index is 0.761. The molecule has 0 aliphatic heterocycles. The molecule has 0 saturated heterocycles. The fraction of sp³-hybridized carbons (Fsp3) is 0.484. The molecule has 2 aliphatic rings. The Hall–Kier alpha value is -2.11. The summed E-state index contributed by atoms with van der Waals surface area (Å²) in [4.78, 5) is 3.49. The molecule has 0 unspecified atom stereocenters. The molecule has 0 radical (unpaired) electrons. The predicted molar refractivity (Wildman–Crippen MR) is 145 cm³/mol. The summed E-state index contributed by atoms with van der Waals surface area (Å²) < 4.78 is 0. The first-order valence-corrected chi connectivity index (χ1v) is 13.7. The van der Waals surface area contributed by atoms with Gasteiger partial charge < -0.3 is 4.90 Å². The largest absolute Gasteiger partial charge is 0.378 e. The van der Waals surface area contributed by atoms with Crippen LogP contribution in [0.5, 0.6) is 0 Å². The van der Waals surface area contributed by atoms with Crippen molar-refractivity contribution in [2.45, 2.75) is 68.4 Å². The van der Waals surface area contributed by atoms with E-state index in [0.717, 1.165) is 34.1 Å². The molecule has 0 aromatic heterocycles. The molecular weight excluding hydrogens is 418 g/mol. The number of hydrogen-bond donors (Lipinski definition) is 0. The van der Waals surface area contributed by atoms with Crippen molar-refractivity contribution in [3.8, 4) is 11.8 Å². The van der Waals surface area contributed by atoms with Crippen LogP contribution in [0.1, 0.15) is 69.4 Å². The van der Waals surface area contributed by atoms with Gasteiger partial charge in [-0.25, -0.2) is 0 Å². The Morgan fingerprint density at radius 1 is 0.697 bits per heavy atom. The fourth-order valence-corrected chi connectivity index (χ4v) is 6.17. The van der Waals surface area contributed by atoms with Gasteiger partial charge >= 0.3 is 0 Å². The topological polar surface area (TPSA) is 3.24 Å². The molecule has 2 heteroatoms. The van der Waals surface area contributed by atoms with Gasteiger partial charge in [-0.2, -0.15) is 0 Å². The lowest BCUT2D eigenvalue weighted by atomic mass is 9.81. The molecule has 2 aromatic rings. The van der Waals surface area contributed by atoms with Crippen LogP contribution in [0.4, 0.5) is 5.69 Å². The third-order valence-electron chi connectivity index (χ3n) is 7.33. The van der Waals surface area contributed by atoms with Gasteiger partial charge in [0, 0.05) is 41.1 Å². The molecule has 2 saturated carbocycles. The first-order valence-electron chi connectivity index (χ1n) is 12.8. The highest BCUT2D eigenvalue weighted by Gasteiger charge is 2.21. The van der Waals surface area contributed by atoms with Crippen LogP contribution in [0.15, 0.2) is 65.6 Å². The van der Waals surface area contributed by atoms with E-state index in [1.54, 1.807) is 0 Å². The van der Waals surface area contributed by atoms with Crippen molar-refractivity contribution in [1.29, 1.82) is 0 Å². The van der Waals surface area contributed by atoms with E-state index in [-0.39, 0.29) is 0 Å². The smallest absolute Gasteiger partial charge is 0.0361 e. The van der Waals surface area contributed by atoms with Gasteiger partial charge in [-0.3, -0.25) is 0 Å². The molecule has 4 rings (SSSR count). The Bertz CT molecular complexity index is 945. The molecule has 0 spiro atoms. The van der Waals surface area contributed by atoms with E-state index < -0.39 is 0 Å². The molecule has 2 fully saturated rings. The van der Waals surface area contributed by atoms with Gasteiger partial charge in [0.2, 0.25) is 0 Å². The number of benzene rings is 2. The van der Waals surface area contributed by atoms with E-state index in [4.69, 9.17) is 0 Å². The second kappa shape index (κ2) is 11.8. The van der Waals surface area contributed by atoms with Crippen LogP contribution < -0.4 is 4.90 Å². The summed E-state index contributed by atoms with van der Waals surface area (Å²) in [7, 11) is 4.11. The lowest BCUT2D eigenvalue weighted by Gasteiger charge is -2.27. The molecule has 0 N–H and O–H groups in total. The van der Waals surface area contributed by atoms with Crippen LogP contribution in [-0.2, 0) is 0 Å². The summed E-state index contributed by atoms with van der Waals surface area (Å²) in [6, 6.07) is 17.3. The van der Waals surface area contributed by atoms with Crippen molar-refractivity contribution in [2.24, 2.45) is 17.8 Å². The van der Waals surface area contributed by atoms with Gasteiger partial charge in [-0.15, -0.1) is 11.8 Å². The van der Waals surface area contributed by atoms with Gasteiger partial charge in [0.1, 0.15) is 0 Å². The SMILES string of the molecule is CC1CCC(/C=C/C2CCC(Sc3ccc(C#Cc4ccc(N(C)C)cc4)cc3)CC2)CC1. The highest BCUT2D eigenvalue weighted by Crippen LogP contribution is 2.37. The Balaban J connectivity index is 1.22. The maximum absolute atomic E-state index is 3.31. The van der Waals surface area contributed by atoms with Gasteiger partial charge in [0.05, 0.1) is 0 Å². The molecule has 0 bridgehead atoms. The molecular formula is C31H39NS. The fourth-order valence-electron chi connectivity index (χ4n) is 4.99. The molecule has 1 nitrogen and oxygen atoms in total. The highest BCUT2D eigenvalue weighted by atomic mass is 32.2. The summed E-state index contributed by atoms with van der Waals surface area (Å²) in [6.45, 7) is 2.41. The van der Waals surface area contributed by atoms with Crippen molar-refractivity contribution in [1.82, 2.24) is 0 Å².